The average Bonchev–Trinajstić information content (AvgIpc) is 3.39. The van der Waals surface area contributed by atoms with Gasteiger partial charge in [0.1, 0.15) is 5.54 Å². The number of H-pyrrole nitrogens is 1. The van der Waals surface area contributed by atoms with E-state index < -0.39 is 11.6 Å². The van der Waals surface area contributed by atoms with E-state index in [0.717, 1.165) is 24.1 Å². The molecule has 4 amide bonds. The Kier molecular flexibility index (Phi) is 5.62. The molecule has 2 saturated heterocycles. The molecule has 2 aliphatic rings. The molecule has 2 aromatic carbocycles. The number of carbonyl (C=O) groups is 3. The molecule has 182 valence electrons. The Morgan fingerprint density at radius 3 is 2.37 bits per heavy atom. The van der Waals surface area contributed by atoms with Gasteiger partial charge in [-0.3, -0.25) is 20.0 Å². The van der Waals surface area contributed by atoms with Crippen molar-refractivity contribution in [3.05, 3.63) is 64.3 Å². The molecule has 0 radical (unpaired) electrons. The second-order valence-electron chi connectivity index (χ2n) is 10.1. The van der Waals surface area contributed by atoms with Crippen molar-refractivity contribution in [2.45, 2.75) is 52.0 Å². The van der Waals surface area contributed by atoms with Crippen molar-refractivity contribution in [2.24, 2.45) is 5.92 Å². The second kappa shape index (κ2) is 8.52. The van der Waals surface area contributed by atoms with Crippen LogP contribution in [-0.2, 0) is 10.3 Å². The molecule has 0 saturated carbocycles. The summed E-state index contributed by atoms with van der Waals surface area (Å²) >= 11 is 0. The Morgan fingerprint density at radius 1 is 1.09 bits per heavy atom. The molecule has 0 spiro atoms. The summed E-state index contributed by atoms with van der Waals surface area (Å²) in [5.74, 6) is -0.227. The van der Waals surface area contributed by atoms with Crippen LogP contribution in [0.15, 0.2) is 36.4 Å². The maximum Gasteiger partial charge on any atom is 0.322 e. The van der Waals surface area contributed by atoms with Gasteiger partial charge in [-0.1, -0.05) is 32.0 Å². The number of benzene rings is 2. The van der Waals surface area contributed by atoms with E-state index in [9.17, 15) is 14.4 Å². The number of hydrogen-bond acceptors (Lipinski definition) is 4. The van der Waals surface area contributed by atoms with Gasteiger partial charge in [0.15, 0.2) is 0 Å². The summed E-state index contributed by atoms with van der Waals surface area (Å²) in [5, 5.41) is 14.1. The van der Waals surface area contributed by atoms with Crippen LogP contribution in [0.3, 0.4) is 0 Å². The summed E-state index contributed by atoms with van der Waals surface area (Å²) in [7, 11) is 0. The number of hydrogen-bond donors (Lipinski definition) is 3. The van der Waals surface area contributed by atoms with Crippen LogP contribution in [0, 0.1) is 19.8 Å². The zero-order valence-electron chi connectivity index (χ0n) is 20.6. The number of aromatic amines is 1. The van der Waals surface area contributed by atoms with E-state index in [1.807, 2.05) is 18.7 Å². The maximum atomic E-state index is 13.2. The summed E-state index contributed by atoms with van der Waals surface area (Å²) in [6, 6.07) is 10.9. The average molecular weight is 474 g/mol. The molecule has 3 heterocycles. The number of rotatable bonds is 4. The molecule has 5 rings (SSSR count). The van der Waals surface area contributed by atoms with Crippen LogP contribution in [0.25, 0.3) is 10.9 Å². The number of likely N-dealkylation sites (tertiary alicyclic amines) is 1. The van der Waals surface area contributed by atoms with Crippen molar-refractivity contribution in [1.82, 2.24) is 25.7 Å². The fourth-order valence-corrected chi connectivity index (χ4v) is 5.69. The van der Waals surface area contributed by atoms with Gasteiger partial charge in [0.05, 0.1) is 11.2 Å². The zero-order valence-corrected chi connectivity index (χ0v) is 20.6. The first-order chi connectivity index (χ1) is 16.7. The Morgan fingerprint density at radius 2 is 1.77 bits per heavy atom. The molecular formula is C27H31N5O3. The highest BCUT2D eigenvalue weighted by Crippen LogP contribution is 2.35. The van der Waals surface area contributed by atoms with Gasteiger partial charge in [0.2, 0.25) is 0 Å². The third-order valence-electron chi connectivity index (χ3n) is 7.55. The summed E-state index contributed by atoms with van der Waals surface area (Å²) in [4.78, 5) is 39.5. The number of urea groups is 1. The third kappa shape index (κ3) is 3.77. The van der Waals surface area contributed by atoms with Crippen LogP contribution < -0.4 is 10.6 Å². The molecule has 1 atom stereocenters. The van der Waals surface area contributed by atoms with Crippen LogP contribution in [-0.4, -0.2) is 46.0 Å². The van der Waals surface area contributed by atoms with Gasteiger partial charge >= 0.3 is 6.03 Å². The highest BCUT2D eigenvalue weighted by Gasteiger charge is 2.50. The number of carbonyl (C=O) groups excluding carboxylic acids is 3. The summed E-state index contributed by atoms with van der Waals surface area (Å²) in [5.41, 5.74) is 4.74. The molecule has 0 bridgehead atoms. The number of amides is 4. The molecule has 2 aliphatic heterocycles. The minimum atomic E-state index is -1.12. The Hall–Kier alpha value is -3.68. The highest BCUT2D eigenvalue weighted by atomic mass is 16.2. The number of piperidine rings is 1. The minimum Gasteiger partial charge on any atom is -0.339 e. The van der Waals surface area contributed by atoms with E-state index in [1.54, 1.807) is 24.3 Å². The molecule has 35 heavy (non-hydrogen) atoms. The summed E-state index contributed by atoms with van der Waals surface area (Å²) in [6.07, 6.45) is 1.72. The van der Waals surface area contributed by atoms with Crippen LogP contribution in [0.5, 0.6) is 0 Å². The predicted molar refractivity (Wildman–Crippen MR) is 133 cm³/mol. The number of aryl methyl sites for hydroxylation is 2. The lowest BCUT2D eigenvalue weighted by Crippen LogP contribution is -2.48. The number of imide groups is 1. The fraction of sp³-hybridized carbons (Fsp3) is 0.407. The molecule has 1 aromatic heterocycles. The van der Waals surface area contributed by atoms with E-state index in [1.165, 1.54) is 16.5 Å². The van der Waals surface area contributed by atoms with E-state index >= 15 is 0 Å². The van der Waals surface area contributed by atoms with Gasteiger partial charge in [-0.15, -0.1) is 0 Å². The standard InChI is InChI=1S/C27H31N5O3/c1-15(2)27(25(34)28-26(35)29-27)20-7-5-19(6-8-20)24(33)32-11-9-18(10-12-32)23-22-17(4)13-16(3)14-21(22)30-31-23/h5-8,13-15,18H,9-12H2,1-4H3,(H,30,31)(H2,28,29,34,35)/t27-/m1/s1. The smallest absolute Gasteiger partial charge is 0.322 e. The van der Waals surface area contributed by atoms with Gasteiger partial charge in [-0.25, -0.2) is 4.79 Å². The van der Waals surface area contributed by atoms with Crippen molar-refractivity contribution in [3.8, 4) is 0 Å². The van der Waals surface area contributed by atoms with Gasteiger partial charge < -0.3 is 10.2 Å². The monoisotopic (exact) mass is 473 g/mol. The molecule has 0 aliphatic carbocycles. The Balaban J connectivity index is 1.30. The quantitative estimate of drug-likeness (QED) is 0.500. The lowest BCUT2D eigenvalue weighted by atomic mass is 9.79. The van der Waals surface area contributed by atoms with Crippen molar-refractivity contribution >= 4 is 28.7 Å². The molecule has 3 aromatic rings. The molecule has 8 nitrogen and oxygen atoms in total. The highest BCUT2D eigenvalue weighted by molar-refractivity contribution is 6.07. The number of aromatic nitrogens is 2. The van der Waals surface area contributed by atoms with Crippen molar-refractivity contribution in [1.29, 1.82) is 0 Å². The predicted octanol–water partition coefficient (Wildman–Crippen LogP) is 3.89. The van der Waals surface area contributed by atoms with E-state index in [4.69, 9.17) is 0 Å². The first-order valence-corrected chi connectivity index (χ1v) is 12.2. The Bertz CT molecular complexity index is 1320. The van der Waals surface area contributed by atoms with Crippen LogP contribution in [0.2, 0.25) is 0 Å². The lowest BCUT2D eigenvalue weighted by Gasteiger charge is -2.32. The van der Waals surface area contributed by atoms with Gasteiger partial charge in [-0.2, -0.15) is 5.10 Å². The van der Waals surface area contributed by atoms with Crippen LogP contribution in [0.4, 0.5) is 4.79 Å². The van der Waals surface area contributed by atoms with Gasteiger partial charge in [-0.05, 0) is 67.5 Å². The largest absolute Gasteiger partial charge is 0.339 e. The van der Waals surface area contributed by atoms with Gasteiger partial charge in [0, 0.05) is 30.0 Å². The summed E-state index contributed by atoms with van der Waals surface area (Å²) in [6.45, 7) is 9.32. The lowest BCUT2D eigenvalue weighted by molar-refractivity contribution is -0.125. The topological polar surface area (TPSA) is 107 Å². The van der Waals surface area contributed by atoms with Crippen LogP contribution >= 0.6 is 0 Å². The van der Waals surface area contributed by atoms with E-state index in [2.05, 4.69) is 46.8 Å². The molecule has 8 heteroatoms. The SMILES string of the molecule is Cc1cc(C)c2c(C3CCN(C(=O)c4ccc([C@@]5(C(C)C)NC(=O)NC5=O)cc4)CC3)n[nH]c2c1. The molecule has 2 fully saturated rings. The first kappa shape index (κ1) is 23.1. The number of nitrogens with one attached hydrogen (secondary N) is 3. The Labute approximate surface area is 204 Å². The maximum absolute atomic E-state index is 13.2. The first-order valence-electron chi connectivity index (χ1n) is 12.2. The molecule has 3 N–H and O–H groups in total. The zero-order chi connectivity index (χ0) is 24.9. The van der Waals surface area contributed by atoms with E-state index in [0.29, 0.717) is 30.1 Å². The second-order valence-corrected chi connectivity index (χ2v) is 10.1. The summed E-state index contributed by atoms with van der Waals surface area (Å²) < 4.78 is 0. The fourth-order valence-electron chi connectivity index (χ4n) is 5.69. The minimum absolute atomic E-state index is 0.0211. The van der Waals surface area contributed by atoms with Crippen molar-refractivity contribution in [3.63, 3.8) is 0 Å². The van der Waals surface area contributed by atoms with Gasteiger partial charge in [0.25, 0.3) is 11.8 Å². The van der Waals surface area contributed by atoms with Crippen LogP contribution in [0.1, 0.15) is 65.3 Å². The molecular weight excluding hydrogens is 442 g/mol. The van der Waals surface area contributed by atoms with Crippen molar-refractivity contribution in [2.75, 3.05) is 13.1 Å². The van der Waals surface area contributed by atoms with Crippen molar-refractivity contribution < 1.29 is 14.4 Å². The number of fused-ring (bicyclic) bond motifs is 1. The third-order valence-corrected chi connectivity index (χ3v) is 7.55. The van der Waals surface area contributed by atoms with E-state index in [-0.39, 0.29) is 17.7 Å². The number of nitrogens with zero attached hydrogens (tertiary/aromatic N) is 2. The normalized spacial score (nSPS) is 21.0. The molecule has 0 unspecified atom stereocenters.